The van der Waals surface area contributed by atoms with E-state index in [1.807, 2.05) is 31.2 Å². The third-order valence-electron chi connectivity index (χ3n) is 1.91. The number of benzene rings is 1. The second-order valence-electron chi connectivity index (χ2n) is 3.08. The number of hydrogen-bond acceptors (Lipinski definition) is 3. The fourth-order valence-electron chi connectivity index (χ4n) is 1.14. The Bertz CT molecular complexity index is 276. The molecule has 1 aromatic rings. The topological polar surface area (TPSA) is 44.5 Å². The lowest BCUT2D eigenvalue weighted by Gasteiger charge is -2.15. The van der Waals surface area contributed by atoms with Gasteiger partial charge in [-0.25, -0.2) is 0 Å². The summed E-state index contributed by atoms with van der Waals surface area (Å²) in [5, 5.41) is 0. The lowest BCUT2D eigenvalue weighted by molar-refractivity contribution is 0.0337. The fraction of sp³-hybridized carbons (Fsp3) is 0.455. The van der Waals surface area contributed by atoms with Gasteiger partial charge in [-0.05, 0) is 31.2 Å². The summed E-state index contributed by atoms with van der Waals surface area (Å²) in [5.74, 6) is 0.830. The van der Waals surface area contributed by atoms with Crippen molar-refractivity contribution in [3.05, 3.63) is 28.7 Å². The summed E-state index contributed by atoms with van der Waals surface area (Å²) in [6, 6.07) is 7.69. The second kappa shape index (κ2) is 6.82. The smallest absolute Gasteiger partial charge is 0.119 e. The maximum atomic E-state index is 5.54. The molecule has 0 saturated carbocycles. The van der Waals surface area contributed by atoms with Crippen LogP contribution >= 0.6 is 15.9 Å². The molecule has 0 aliphatic rings. The van der Waals surface area contributed by atoms with Gasteiger partial charge < -0.3 is 15.2 Å². The average molecular weight is 274 g/mol. The standard InChI is InChI=1S/C11H16BrNO2/c1-2-14-11(7-13)8-15-10-5-3-9(12)4-6-10/h3-6,11H,2,7-8,13H2,1H3. The Kier molecular flexibility index (Phi) is 5.68. The highest BCUT2D eigenvalue weighted by Crippen LogP contribution is 2.16. The Morgan fingerprint density at radius 1 is 1.33 bits per heavy atom. The van der Waals surface area contributed by atoms with E-state index in [4.69, 9.17) is 15.2 Å². The first-order valence-electron chi connectivity index (χ1n) is 4.96. The third kappa shape index (κ3) is 4.64. The van der Waals surface area contributed by atoms with Crippen molar-refractivity contribution in [1.82, 2.24) is 0 Å². The van der Waals surface area contributed by atoms with E-state index in [-0.39, 0.29) is 6.10 Å². The van der Waals surface area contributed by atoms with Crippen LogP contribution in [0.25, 0.3) is 0 Å². The number of nitrogens with two attached hydrogens (primary N) is 1. The van der Waals surface area contributed by atoms with E-state index in [1.165, 1.54) is 0 Å². The summed E-state index contributed by atoms with van der Waals surface area (Å²) in [6.07, 6.45) is -0.0290. The van der Waals surface area contributed by atoms with Crippen molar-refractivity contribution in [2.24, 2.45) is 5.73 Å². The molecule has 84 valence electrons. The molecule has 0 radical (unpaired) electrons. The lowest BCUT2D eigenvalue weighted by Crippen LogP contribution is -2.30. The summed E-state index contributed by atoms with van der Waals surface area (Å²) >= 11 is 3.36. The minimum absolute atomic E-state index is 0.0290. The molecule has 0 aliphatic carbocycles. The lowest BCUT2D eigenvalue weighted by atomic mass is 10.3. The first-order chi connectivity index (χ1) is 7.26. The fourth-order valence-corrected chi connectivity index (χ4v) is 1.40. The van der Waals surface area contributed by atoms with Gasteiger partial charge in [0.05, 0.1) is 0 Å². The first-order valence-corrected chi connectivity index (χ1v) is 5.75. The van der Waals surface area contributed by atoms with Gasteiger partial charge in [-0.1, -0.05) is 15.9 Å². The number of ether oxygens (including phenoxy) is 2. The highest BCUT2D eigenvalue weighted by Gasteiger charge is 2.06. The minimum Gasteiger partial charge on any atom is -0.491 e. The van der Waals surface area contributed by atoms with Crippen LogP contribution in [0.15, 0.2) is 28.7 Å². The highest BCUT2D eigenvalue weighted by molar-refractivity contribution is 9.10. The molecule has 1 aromatic carbocycles. The van der Waals surface area contributed by atoms with Crippen molar-refractivity contribution in [3.8, 4) is 5.75 Å². The zero-order valence-corrected chi connectivity index (χ0v) is 10.4. The van der Waals surface area contributed by atoms with Gasteiger partial charge in [0, 0.05) is 17.6 Å². The Hall–Kier alpha value is -0.580. The van der Waals surface area contributed by atoms with Crippen LogP contribution in [-0.2, 0) is 4.74 Å². The maximum Gasteiger partial charge on any atom is 0.119 e. The van der Waals surface area contributed by atoms with E-state index in [0.29, 0.717) is 19.8 Å². The molecule has 0 bridgehead atoms. The summed E-state index contributed by atoms with van der Waals surface area (Å²) in [5.41, 5.74) is 5.53. The molecule has 1 unspecified atom stereocenters. The van der Waals surface area contributed by atoms with Gasteiger partial charge in [0.25, 0.3) is 0 Å². The normalized spacial score (nSPS) is 12.5. The van der Waals surface area contributed by atoms with Crippen molar-refractivity contribution in [2.45, 2.75) is 13.0 Å². The van der Waals surface area contributed by atoms with Gasteiger partial charge in [-0.15, -0.1) is 0 Å². The van der Waals surface area contributed by atoms with E-state index in [9.17, 15) is 0 Å². The molecule has 15 heavy (non-hydrogen) atoms. The molecule has 0 aliphatic heterocycles. The Morgan fingerprint density at radius 2 is 2.00 bits per heavy atom. The Balaban J connectivity index is 2.38. The van der Waals surface area contributed by atoms with Crippen LogP contribution in [0.5, 0.6) is 5.75 Å². The largest absolute Gasteiger partial charge is 0.491 e. The molecule has 0 heterocycles. The second-order valence-corrected chi connectivity index (χ2v) is 3.99. The average Bonchev–Trinajstić information content (AvgIpc) is 2.26. The monoisotopic (exact) mass is 273 g/mol. The van der Waals surface area contributed by atoms with Crippen LogP contribution in [0.1, 0.15) is 6.92 Å². The minimum atomic E-state index is -0.0290. The van der Waals surface area contributed by atoms with E-state index in [0.717, 1.165) is 10.2 Å². The Labute approximate surface area is 98.7 Å². The molecular weight excluding hydrogens is 258 g/mol. The molecule has 3 nitrogen and oxygen atoms in total. The van der Waals surface area contributed by atoms with Crippen LogP contribution in [0, 0.1) is 0 Å². The summed E-state index contributed by atoms with van der Waals surface area (Å²) in [7, 11) is 0. The summed E-state index contributed by atoms with van der Waals surface area (Å²) in [4.78, 5) is 0. The zero-order valence-electron chi connectivity index (χ0n) is 8.78. The number of halogens is 1. The molecule has 1 atom stereocenters. The predicted octanol–water partition coefficient (Wildman–Crippen LogP) is 2.19. The van der Waals surface area contributed by atoms with Crippen LogP contribution in [0.2, 0.25) is 0 Å². The molecule has 0 amide bonds. The van der Waals surface area contributed by atoms with Crippen LogP contribution in [-0.4, -0.2) is 25.9 Å². The molecule has 0 aromatic heterocycles. The SMILES string of the molecule is CCOC(CN)COc1ccc(Br)cc1. The van der Waals surface area contributed by atoms with E-state index in [1.54, 1.807) is 0 Å². The molecule has 0 saturated heterocycles. The predicted molar refractivity (Wildman–Crippen MR) is 64.1 cm³/mol. The van der Waals surface area contributed by atoms with Crippen molar-refractivity contribution in [1.29, 1.82) is 0 Å². The van der Waals surface area contributed by atoms with Crippen LogP contribution < -0.4 is 10.5 Å². The van der Waals surface area contributed by atoms with Gasteiger partial charge in [0.2, 0.25) is 0 Å². The van der Waals surface area contributed by atoms with Gasteiger partial charge >= 0.3 is 0 Å². The quantitative estimate of drug-likeness (QED) is 0.864. The zero-order chi connectivity index (χ0) is 11.1. The van der Waals surface area contributed by atoms with E-state index < -0.39 is 0 Å². The van der Waals surface area contributed by atoms with Gasteiger partial charge in [0.15, 0.2) is 0 Å². The molecule has 0 spiro atoms. The van der Waals surface area contributed by atoms with Crippen molar-refractivity contribution in [2.75, 3.05) is 19.8 Å². The summed E-state index contributed by atoms with van der Waals surface area (Å²) in [6.45, 7) is 3.57. The van der Waals surface area contributed by atoms with Gasteiger partial charge in [-0.2, -0.15) is 0 Å². The molecule has 4 heteroatoms. The van der Waals surface area contributed by atoms with Gasteiger partial charge in [0.1, 0.15) is 18.5 Å². The van der Waals surface area contributed by atoms with E-state index >= 15 is 0 Å². The maximum absolute atomic E-state index is 5.54. The third-order valence-corrected chi connectivity index (χ3v) is 2.44. The Morgan fingerprint density at radius 3 is 2.53 bits per heavy atom. The van der Waals surface area contributed by atoms with Crippen LogP contribution in [0.4, 0.5) is 0 Å². The number of rotatable bonds is 6. The van der Waals surface area contributed by atoms with E-state index in [2.05, 4.69) is 15.9 Å². The summed E-state index contributed by atoms with van der Waals surface area (Å²) < 4.78 is 12.0. The molecule has 2 N–H and O–H groups in total. The molecule has 0 fully saturated rings. The first kappa shape index (κ1) is 12.5. The van der Waals surface area contributed by atoms with Crippen molar-refractivity contribution < 1.29 is 9.47 Å². The van der Waals surface area contributed by atoms with Crippen LogP contribution in [0.3, 0.4) is 0 Å². The van der Waals surface area contributed by atoms with Crippen molar-refractivity contribution in [3.63, 3.8) is 0 Å². The van der Waals surface area contributed by atoms with Crippen molar-refractivity contribution >= 4 is 15.9 Å². The molecule has 1 rings (SSSR count). The molecular formula is C11H16BrNO2. The number of hydrogen-bond donors (Lipinski definition) is 1. The van der Waals surface area contributed by atoms with Gasteiger partial charge in [-0.3, -0.25) is 0 Å². The highest BCUT2D eigenvalue weighted by atomic mass is 79.9.